The van der Waals surface area contributed by atoms with Gasteiger partial charge in [0.25, 0.3) is 5.91 Å². The van der Waals surface area contributed by atoms with Crippen LogP contribution in [0.2, 0.25) is 5.02 Å². The molecule has 2 aromatic rings. The summed E-state index contributed by atoms with van der Waals surface area (Å²) in [6.07, 6.45) is 0.968. The van der Waals surface area contributed by atoms with Gasteiger partial charge in [0, 0.05) is 36.8 Å². The van der Waals surface area contributed by atoms with Crippen molar-refractivity contribution in [2.45, 2.75) is 13.3 Å². The number of aryl methyl sites for hydroxylation is 1. The highest BCUT2D eigenvalue weighted by Crippen LogP contribution is 2.25. The van der Waals surface area contributed by atoms with Gasteiger partial charge in [0.2, 0.25) is 0 Å². The third-order valence-corrected chi connectivity index (χ3v) is 4.83. The third-order valence-electron chi connectivity index (χ3n) is 4.60. The highest BCUT2D eigenvalue weighted by molar-refractivity contribution is 6.30. The van der Waals surface area contributed by atoms with Crippen LogP contribution < -0.4 is 4.90 Å². The van der Waals surface area contributed by atoms with Crippen molar-refractivity contribution in [1.82, 2.24) is 4.90 Å². The third kappa shape index (κ3) is 3.78. The summed E-state index contributed by atoms with van der Waals surface area (Å²) in [6, 6.07) is 15.4. The van der Waals surface area contributed by atoms with Crippen LogP contribution in [-0.4, -0.2) is 37.0 Å². The number of amides is 1. The monoisotopic (exact) mass is 353 g/mol. The lowest BCUT2D eigenvalue weighted by Gasteiger charge is -2.36. The van der Waals surface area contributed by atoms with E-state index in [0.717, 1.165) is 17.7 Å². The van der Waals surface area contributed by atoms with Gasteiger partial charge in [-0.1, -0.05) is 30.7 Å². The van der Waals surface area contributed by atoms with Crippen molar-refractivity contribution in [1.29, 1.82) is 5.26 Å². The summed E-state index contributed by atoms with van der Waals surface area (Å²) in [6.45, 7) is 4.79. The lowest BCUT2D eigenvalue weighted by molar-refractivity contribution is 0.0747. The number of hydrogen-bond donors (Lipinski definition) is 0. The molecule has 0 atom stereocenters. The Balaban J connectivity index is 1.67. The SMILES string of the molecule is CCc1ccc(C(=O)N2CCN(c3ccc(Cl)cc3C#N)CC2)cc1. The molecule has 0 aromatic heterocycles. The van der Waals surface area contributed by atoms with Crippen LogP contribution in [0.15, 0.2) is 42.5 Å². The van der Waals surface area contributed by atoms with E-state index in [1.807, 2.05) is 35.2 Å². The molecule has 0 N–H and O–H groups in total. The fourth-order valence-corrected chi connectivity index (χ4v) is 3.26. The topological polar surface area (TPSA) is 47.3 Å². The number of hydrogen-bond acceptors (Lipinski definition) is 3. The Morgan fingerprint density at radius 1 is 1.12 bits per heavy atom. The van der Waals surface area contributed by atoms with Gasteiger partial charge in [-0.05, 0) is 42.3 Å². The molecule has 0 radical (unpaired) electrons. The number of rotatable bonds is 3. The van der Waals surface area contributed by atoms with Crippen molar-refractivity contribution in [3.63, 3.8) is 0 Å². The standard InChI is InChI=1S/C20H20ClN3O/c1-2-15-3-5-16(6-4-15)20(25)24-11-9-23(10-12-24)19-8-7-18(21)13-17(19)14-22/h3-8,13H,2,9-12H2,1H3. The first-order valence-electron chi connectivity index (χ1n) is 8.45. The average Bonchev–Trinajstić information content (AvgIpc) is 2.67. The van der Waals surface area contributed by atoms with Crippen LogP contribution in [0.5, 0.6) is 0 Å². The van der Waals surface area contributed by atoms with Crippen LogP contribution in [0.3, 0.4) is 0 Å². The maximum atomic E-state index is 12.6. The molecular weight excluding hydrogens is 334 g/mol. The molecule has 3 rings (SSSR count). The Morgan fingerprint density at radius 2 is 1.80 bits per heavy atom. The summed E-state index contributed by atoms with van der Waals surface area (Å²) < 4.78 is 0. The van der Waals surface area contributed by atoms with Gasteiger partial charge in [-0.15, -0.1) is 0 Å². The molecule has 0 saturated carbocycles. The quantitative estimate of drug-likeness (QED) is 0.844. The van der Waals surface area contributed by atoms with Crippen LogP contribution in [0.25, 0.3) is 0 Å². The second kappa shape index (κ2) is 7.58. The van der Waals surface area contributed by atoms with Crippen molar-refractivity contribution in [3.05, 3.63) is 64.2 Å². The average molecular weight is 354 g/mol. The van der Waals surface area contributed by atoms with Gasteiger partial charge < -0.3 is 9.80 Å². The zero-order valence-corrected chi connectivity index (χ0v) is 15.0. The van der Waals surface area contributed by atoms with E-state index in [1.165, 1.54) is 5.56 Å². The Labute approximate surface area is 153 Å². The molecule has 0 spiro atoms. The van der Waals surface area contributed by atoms with Gasteiger partial charge in [-0.25, -0.2) is 0 Å². The van der Waals surface area contributed by atoms with E-state index in [2.05, 4.69) is 17.9 Å². The van der Waals surface area contributed by atoms with Crippen LogP contribution in [0.4, 0.5) is 5.69 Å². The smallest absolute Gasteiger partial charge is 0.253 e. The fourth-order valence-electron chi connectivity index (χ4n) is 3.09. The van der Waals surface area contributed by atoms with E-state index in [-0.39, 0.29) is 5.91 Å². The predicted molar refractivity (Wildman–Crippen MR) is 100 cm³/mol. The van der Waals surface area contributed by atoms with Gasteiger partial charge in [0.15, 0.2) is 0 Å². The Bertz CT molecular complexity index is 803. The molecule has 4 nitrogen and oxygen atoms in total. The molecule has 5 heteroatoms. The minimum atomic E-state index is 0.0684. The Morgan fingerprint density at radius 3 is 2.40 bits per heavy atom. The molecule has 1 fully saturated rings. The number of nitriles is 1. The number of benzene rings is 2. The predicted octanol–water partition coefficient (Wildman–Crippen LogP) is 3.74. The van der Waals surface area contributed by atoms with Crippen LogP contribution >= 0.6 is 11.6 Å². The molecule has 128 valence electrons. The highest BCUT2D eigenvalue weighted by Gasteiger charge is 2.23. The Kier molecular flexibility index (Phi) is 5.25. The van der Waals surface area contributed by atoms with Crippen molar-refractivity contribution in [2.75, 3.05) is 31.1 Å². The maximum absolute atomic E-state index is 12.6. The summed E-state index contributed by atoms with van der Waals surface area (Å²) in [5.74, 6) is 0.0684. The normalized spacial score (nSPS) is 14.3. The molecule has 1 aliphatic heterocycles. The lowest BCUT2D eigenvalue weighted by atomic mass is 10.1. The van der Waals surface area contributed by atoms with Gasteiger partial charge in [-0.2, -0.15) is 5.26 Å². The number of piperazine rings is 1. The molecular formula is C20H20ClN3O. The number of carbonyl (C=O) groups excluding carboxylic acids is 1. The van der Waals surface area contributed by atoms with E-state index >= 15 is 0 Å². The number of nitrogens with zero attached hydrogens (tertiary/aromatic N) is 3. The van der Waals surface area contributed by atoms with Crippen LogP contribution in [-0.2, 0) is 6.42 Å². The first-order chi connectivity index (χ1) is 12.1. The molecule has 1 amide bonds. The highest BCUT2D eigenvalue weighted by atomic mass is 35.5. The minimum Gasteiger partial charge on any atom is -0.367 e. The molecule has 2 aromatic carbocycles. The second-order valence-electron chi connectivity index (χ2n) is 6.10. The van der Waals surface area contributed by atoms with Crippen molar-refractivity contribution in [2.24, 2.45) is 0 Å². The summed E-state index contributed by atoms with van der Waals surface area (Å²) in [5.41, 5.74) is 3.41. The van der Waals surface area contributed by atoms with Crippen molar-refractivity contribution < 1.29 is 4.79 Å². The van der Waals surface area contributed by atoms with Gasteiger partial charge in [0.1, 0.15) is 6.07 Å². The molecule has 0 unspecified atom stereocenters. The minimum absolute atomic E-state index is 0.0684. The van der Waals surface area contributed by atoms with Gasteiger partial charge >= 0.3 is 0 Å². The number of halogens is 1. The molecule has 25 heavy (non-hydrogen) atoms. The summed E-state index contributed by atoms with van der Waals surface area (Å²) >= 11 is 5.97. The summed E-state index contributed by atoms with van der Waals surface area (Å²) in [7, 11) is 0. The van der Waals surface area contributed by atoms with E-state index in [0.29, 0.717) is 36.8 Å². The maximum Gasteiger partial charge on any atom is 0.253 e. The van der Waals surface area contributed by atoms with Crippen molar-refractivity contribution >= 4 is 23.2 Å². The van der Waals surface area contributed by atoms with Crippen LogP contribution in [0.1, 0.15) is 28.4 Å². The van der Waals surface area contributed by atoms with Gasteiger partial charge in [0.05, 0.1) is 11.3 Å². The summed E-state index contributed by atoms with van der Waals surface area (Å²) in [5, 5.41) is 9.87. The molecule has 1 aliphatic rings. The molecule has 1 heterocycles. The van der Waals surface area contributed by atoms with E-state index in [1.54, 1.807) is 12.1 Å². The summed E-state index contributed by atoms with van der Waals surface area (Å²) in [4.78, 5) is 16.7. The molecule has 0 aliphatic carbocycles. The van der Waals surface area contributed by atoms with Crippen LogP contribution in [0, 0.1) is 11.3 Å². The molecule has 1 saturated heterocycles. The van der Waals surface area contributed by atoms with E-state index < -0.39 is 0 Å². The zero-order chi connectivity index (χ0) is 17.8. The zero-order valence-electron chi connectivity index (χ0n) is 14.2. The Hall–Kier alpha value is -2.51. The number of anilines is 1. The largest absolute Gasteiger partial charge is 0.367 e. The first-order valence-corrected chi connectivity index (χ1v) is 8.83. The first kappa shape index (κ1) is 17.3. The van der Waals surface area contributed by atoms with E-state index in [9.17, 15) is 10.1 Å². The second-order valence-corrected chi connectivity index (χ2v) is 6.54. The lowest BCUT2D eigenvalue weighted by Crippen LogP contribution is -2.49. The fraction of sp³-hybridized carbons (Fsp3) is 0.300. The molecule has 0 bridgehead atoms. The number of carbonyl (C=O) groups is 1. The van der Waals surface area contributed by atoms with Gasteiger partial charge in [-0.3, -0.25) is 4.79 Å². The van der Waals surface area contributed by atoms with Crippen molar-refractivity contribution in [3.8, 4) is 6.07 Å². The van der Waals surface area contributed by atoms with E-state index in [4.69, 9.17) is 11.6 Å².